The zero-order chi connectivity index (χ0) is 18.3. The maximum atomic E-state index is 6.23. The molecule has 0 bridgehead atoms. The molecule has 3 aromatic rings. The predicted molar refractivity (Wildman–Crippen MR) is 106 cm³/mol. The van der Waals surface area contributed by atoms with Crippen molar-refractivity contribution in [2.45, 2.75) is 55.6 Å². The number of fused-ring (bicyclic) bond motifs is 2. The maximum absolute atomic E-state index is 6.23. The van der Waals surface area contributed by atoms with Gasteiger partial charge in [-0.1, -0.05) is 23.9 Å². The molecule has 1 fully saturated rings. The molecule has 4 nitrogen and oxygen atoms in total. The fraction of sp³-hybridized carbons (Fsp3) is 0.350. The first-order valence-electron chi connectivity index (χ1n) is 8.93. The summed E-state index contributed by atoms with van der Waals surface area (Å²) in [5, 5.41) is 0. The van der Waals surface area contributed by atoms with Gasteiger partial charge in [-0.2, -0.15) is 0 Å². The number of aromatic nitrogens is 2. The van der Waals surface area contributed by atoms with E-state index in [0.717, 1.165) is 16.8 Å². The van der Waals surface area contributed by atoms with Crippen molar-refractivity contribution in [3.8, 4) is 5.69 Å². The van der Waals surface area contributed by atoms with Crippen LogP contribution in [0.5, 0.6) is 0 Å². The van der Waals surface area contributed by atoms with Gasteiger partial charge in [0, 0.05) is 9.79 Å². The highest BCUT2D eigenvalue weighted by molar-refractivity contribution is 7.99. The second kappa shape index (κ2) is 5.15. The molecule has 2 aliphatic rings. The lowest BCUT2D eigenvalue weighted by Crippen LogP contribution is -2.41. The van der Waals surface area contributed by atoms with Crippen molar-refractivity contribution in [2.24, 2.45) is 0 Å². The average molecular weight is 364 g/mol. The number of para-hydroxylation sites is 1. The molecule has 0 unspecified atom stereocenters. The van der Waals surface area contributed by atoms with Crippen LogP contribution in [-0.4, -0.2) is 27.9 Å². The van der Waals surface area contributed by atoms with Crippen LogP contribution in [0.1, 0.15) is 33.5 Å². The van der Waals surface area contributed by atoms with Gasteiger partial charge >= 0.3 is 7.12 Å². The number of benzene rings is 2. The molecule has 0 saturated carbocycles. The standard InChI is InChI=1S/C20H21BN2O2S/c1-12-22-14-7-6-8-16-18(14)23(12)15-10-9-13(11-17(15)26-16)21-24-19(2,3)20(4,5)25-21/h6-11H,1-5H3. The third-order valence-electron chi connectivity index (χ3n) is 5.78. The van der Waals surface area contributed by atoms with E-state index >= 15 is 0 Å². The number of rotatable bonds is 1. The molecule has 5 rings (SSSR count). The molecule has 0 spiro atoms. The molecule has 0 radical (unpaired) electrons. The lowest BCUT2D eigenvalue weighted by atomic mass is 9.79. The highest BCUT2D eigenvalue weighted by atomic mass is 32.2. The van der Waals surface area contributed by atoms with Crippen LogP contribution in [0.3, 0.4) is 0 Å². The van der Waals surface area contributed by atoms with Crippen molar-refractivity contribution in [3.05, 3.63) is 42.2 Å². The monoisotopic (exact) mass is 364 g/mol. The maximum Gasteiger partial charge on any atom is 0.494 e. The lowest BCUT2D eigenvalue weighted by molar-refractivity contribution is 0.00578. The van der Waals surface area contributed by atoms with Crippen molar-refractivity contribution < 1.29 is 9.31 Å². The first kappa shape index (κ1) is 16.4. The molecular weight excluding hydrogens is 343 g/mol. The van der Waals surface area contributed by atoms with Gasteiger partial charge in [-0.3, -0.25) is 4.57 Å². The van der Waals surface area contributed by atoms with E-state index in [2.05, 4.69) is 75.6 Å². The Kier molecular flexibility index (Phi) is 3.25. The molecule has 3 heterocycles. The SMILES string of the molecule is Cc1nc2cccc3c2n1-c1ccc(B2OC(C)(C)C(C)(C)O2)cc1S3. The number of hydrogen-bond acceptors (Lipinski definition) is 4. The van der Waals surface area contributed by atoms with E-state index in [0.29, 0.717) is 0 Å². The third-order valence-corrected chi connectivity index (χ3v) is 6.87. The average Bonchev–Trinajstić information content (AvgIpc) is 3.02. The molecule has 0 aliphatic carbocycles. The summed E-state index contributed by atoms with van der Waals surface area (Å²) in [6.07, 6.45) is 0. The summed E-state index contributed by atoms with van der Waals surface area (Å²) in [6, 6.07) is 12.8. The van der Waals surface area contributed by atoms with E-state index in [1.165, 1.54) is 21.0 Å². The zero-order valence-electron chi connectivity index (χ0n) is 15.7. The van der Waals surface area contributed by atoms with Crippen molar-refractivity contribution in [1.29, 1.82) is 0 Å². The van der Waals surface area contributed by atoms with E-state index in [1.54, 1.807) is 11.8 Å². The van der Waals surface area contributed by atoms with E-state index in [4.69, 9.17) is 14.3 Å². The van der Waals surface area contributed by atoms with Gasteiger partial charge in [0.1, 0.15) is 5.82 Å². The van der Waals surface area contributed by atoms with Crippen LogP contribution in [0.4, 0.5) is 0 Å². The van der Waals surface area contributed by atoms with Crippen LogP contribution in [0.25, 0.3) is 16.7 Å². The minimum atomic E-state index is -0.341. The molecule has 0 N–H and O–H groups in total. The van der Waals surface area contributed by atoms with Crippen molar-refractivity contribution in [3.63, 3.8) is 0 Å². The third kappa shape index (κ3) is 2.16. The van der Waals surface area contributed by atoms with Crippen LogP contribution >= 0.6 is 11.8 Å². The second-order valence-corrected chi connectivity index (χ2v) is 9.12. The zero-order valence-corrected chi connectivity index (χ0v) is 16.5. The second-order valence-electron chi connectivity index (χ2n) is 8.04. The Bertz CT molecular complexity index is 1040. The Balaban J connectivity index is 1.61. The van der Waals surface area contributed by atoms with Gasteiger partial charge in [-0.05, 0) is 64.3 Å². The Hall–Kier alpha value is -1.76. The molecule has 0 amide bonds. The normalized spacial score (nSPS) is 19.8. The van der Waals surface area contributed by atoms with Gasteiger partial charge in [0.15, 0.2) is 0 Å². The Labute approximate surface area is 158 Å². The Morgan fingerprint density at radius 3 is 2.46 bits per heavy atom. The summed E-state index contributed by atoms with van der Waals surface area (Å²) in [4.78, 5) is 7.17. The molecule has 1 aromatic heterocycles. The highest BCUT2D eigenvalue weighted by Crippen LogP contribution is 2.43. The van der Waals surface area contributed by atoms with Crippen molar-refractivity contribution in [2.75, 3.05) is 0 Å². The van der Waals surface area contributed by atoms with E-state index in [9.17, 15) is 0 Å². The van der Waals surface area contributed by atoms with Gasteiger partial charge in [-0.25, -0.2) is 4.98 Å². The van der Waals surface area contributed by atoms with Gasteiger partial charge in [0.2, 0.25) is 0 Å². The first-order chi connectivity index (χ1) is 12.3. The molecule has 0 atom stereocenters. The minimum Gasteiger partial charge on any atom is -0.399 e. The van der Waals surface area contributed by atoms with Crippen LogP contribution in [-0.2, 0) is 9.31 Å². The van der Waals surface area contributed by atoms with Crippen LogP contribution < -0.4 is 5.46 Å². The first-order valence-corrected chi connectivity index (χ1v) is 9.74. The Morgan fingerprint density at radius 1 is 1.00 bits per heavy atom. The van der Waals surface area contributed by atoms with E-state index in [-0.39, 0.29) is 18.3 Å². The minimum absolute atomic E-state index is 0.333. The number of imidazole rings is 1. The fourth-order valence-electron chi connectivity index (χ4n) is 3.63. The topological polar surface area (TPSA) is 36.3 Å². The van der Waals surface area contributed by atoms with Crippen molar-refractivity contribution in [1.82, 2.24) is 9.55 Å². The van der Waals surface area contributed by atoms with Gasteiger partial charge in [0.05, 0.1) is 27.9 Å². The van der Waals surface area contributed by atoms with Crippen LogP contribution in [0, 0.1) is 6.92 Å². The summed E-state index contributed by atoms with van der Waals surface area (Å²) in [5.74, 6) is 1.01. The van der Waals surface area contributed by atoms with Gasteiger partial charge in [0.25, 0.3) is 0 Å². The quantitative estimate of drug-likeness (QED) is 0.477. The van der Waals surface area contributed by atoms with Crippen LogP contribution in [0.2, 0.25) is 0 Å². The highest BCUT2D eigenvalue weighted by Gasteiger charge is 2.51. The van der Waals surface area contributed by atoms with E-state index in [1.807, 2.05) is 0 Å². The van der Waals surface area contributed by atoms with Crippen molar-refractivity contribution >= 4 is 35.4 Å². The fourth-order valence-corrected chi connectivity index (χ4v) is 4.77. The summed E-state index contributed by atoms with van der Waals surface area (Å²) in [5.41, 5.74) is 3.82. The molecule has 26 heavy (non-hydrogen) atoms. The van der Waals surface area contributed by atoms with E-state index < -0.39 is 0 Å². The van der Waals surface area contributed by atoms with Gasteiger partial charge < -0.3 is 9.31 Å². The van der Waals surface area contributed by atoms with Gasteiger partial charge in [-0.15, -0.1) is 0 Å². The molecule has 132 valence electrons. The largest absolute Gasteiger partial charge is 0.494 e. The number of hydrogen-bond donors (Lipinski definition) is 0. The molecule has 2 aliphatic heterocycles. The molecule has 1 saturated heterocycles. The number of aryl methyl sites for hydroxylation is 1. The Morgan fingerprint density at radius 2 is 1.73 bits per heavy atom. The van der Waals surface area contributed by atoms with Crippen LogP contribution in [0.15, 0.2) is 46.2 Å². The summed E-state index contributed by atoms with van der Waals surface area (Å²) in [7, 11) is -0.341. The smallest absolute Gasteiger partial charge is 0.399 e. The molecule has 2 aromatic carbocycles. The lowest BCUT2D eigenvalue weighted by Gasteiger charge is -2.32. The molecule has 6 heteroatoms. The predicted octanol–water partition coefficient (Wildman–Crippen LogP) is 4.10. The summed E-state index contributed by atoms with van der Waals surface area (Å²) >= 11 is 1.79. The molecular formula is C20H21BN2O2S. The number of nitrogens with zero attached hydrogens (tertiary/aromatic N) is 2. The summed E-state index contributed by atoms with van der Waals surface area (Å²) < 4.78 is 14.7. The summed E-state index contributed by atoms with van der Waals surface area (Å²) in [6.45, 7) is 10.4.